The van der Waals surface area contributed by atoms with E-state index < -0.39 is 0 Å². The van der Waals surface area contributed by atoms with E-state index in [-0.39, 0.29) is 12.1 Å². The normalized spacial score (nSPS) is 23.4. The number of rotatable bonds is 3. The highest BCUT2D eigenvalue weighted by Crippen LogP contribution is 2.21. The molecule has 0 radical (unpaired) electrons. The molecular weight excluding hydrogens is 298 g/mol. The maximum absolute atomic E-state index is 9.09. The molecule has 5 nitrogen and oxygen atoms in total. The van der Waals surface area contributed by atoms with Crippen LogP contribution in [0.2, 0.25) is 0 Å². The van der Waals surface area contributed by atoms with Crippen LogP contribution in [0.5, 0.6) is 0 Å². The van der Waals surface area contributed by atoms with Crippen LogP contribution < -0.4 is 5.32 Å². The summed E-state index contributed by atoms with van der Waals surface area (Å²) in [5, 5.41) is 12.4. The number of nitrogens with zero attached hydrogens (tertiary/aromatic N) is 2. The first-order valence-corrected chi connectivity index (χ1v) is 6.46. The largest absolute Gasteiger partial charge is 0.379 e. The van der Waals surface area contributed by atoms with E-state index in [9.17, 15) is 0 Å². The summed E-state index contributed by atoms with van der Waals surface area (Å²) in [6, 6.07) is 3.99. The van der Waals surface area contributed by atoms with Gasteiger partial charge in [-0.25, -0.2) is 4.98 Å². The molecule has 0 aliphatic carbocycles. The number of aromatic nitrogens is 1. The smallest absolute Gasteiger partial charge is 0.144 e. The second kappa shape index (κ2) is 6.14. The minimum atomic E-state index is -0.0178. The number of nitriles is 1. The van der Waals surface area contributed by atoms with Crippen LogP contribution in [-0.2, 0) is 9.47 Å². The average Bonchev–Trinajstić information content (AvgIpc) is 2.41. The van der Waals surface area contributed by atoms with E-state index in [1.807, 2.05) is 0 Å². The Hall–Kier alpha value is -1.16. The van der Waals surface area contributed by atoms with Crippen LogP contribution in [0.3, 0.4) is 0 Å². The Labute approximate surface area is 114 Å². The number of ether oxygens (including phenoxy) is 2. The highest BCUT2D eigenvalue weighted by Gasteiger charge is 2.26. The van der Waals surface area contributed by atoms with E-state index in [2.05, 4.69) is 32.3 Å². The van der Waals surface area contributed by atoms with Gasteiger partial charge in [-0.3, -0.25) is 0 Å². The number of nitrogens with one attached hydrogen (secondary N) is 1. The first-order chi connectivity index (χ1) is 8.74. The highest BCUT2D eigenvalue weighted by atomic mass is 79.9. The fourth-order valence-corrected chi connectivity index (χ4v) is 2.26. The van der Waals surface area contributed by atoms with E-state index in [0.717, 1.165) is 10.9 Å². The zero-order valence-corrected chi connectivity index (χ0v) is 11.6. The lowest BCUT2D eigenvalue weighted by atomic mass is 10.1. The van der Waals surface area contributed by atoms with Crippen LogP contribution in [0.15, 0.2) is 16.7 Å². The summed E-state index contributed by atoms with van der Waals surface area (Å²) >= 11 is 3.30. The van der Waals surface area contributed by atoms with Gasteiger partial charge in [0, 0.05) is 24.4 Å². The van der Waals surface area contributed by atoms with Crippen molar-refractivity contribution in [1.82, 2.24) is 4.98 Å². The van der Waals surface area contributed by atoms with Gasteiger partial charge in [0.1, 0.15) is 18.0 Å². The average molecular weight is 312 g/mol. The lowest BCUT2D eigenvalue weighted by molar-refractivity contribution is -0.0367. The zero-order valence-electron chi connectivity index (χ0n) is 10.0. The lowest BCUT2D eigenvalue weighted by Crippen LogP contribution is -2.43. The molecule has 2 rings (SSSR count). The minimum Gasteiger partial charge on any atom is -0.379 e. The van der Waals surface area contributed by atoms with Crippen molar-refractivity contribution in [2.24, 2.45) is 0 Å². The van der Waals surface area contributed by atoms with Gasteiger partial charge in [-0.15, -0.1) is 0 Å². The Kier molecular flexibility index (Phi) is 4.53. The monoisotopic (exact) mass is 311 g/mol. The summed E-state index contributed by atoms with van der Waals surface area (Å²) in [5.41, 5.74) is 0.519. The van der Waals surface area contributed by atoms with Crippen LogP contribution in [-0.4, -0.2) is 37.5 Å². The molecule has 0 bridgehead atoms. The molecule has 18 heavy (non-hydrogen) atoms. The molecule has 1 N–H and O–H groups in total. The SMILES string of the molecule is CO[C@@H]1COCC[C@@H]1Nc1ncc(Br)cc1C#N. The quantitative estimate of drug-likeness (QED) is 0.924. The first kappa shape index (κ1) is 13.3. The van der Waals surface area contributed by atoms with Crippen molar-refractivity contribution in [3.8, 4) is 6.07 Å². The van der Waals surface area contributed by atoms with Gasteiger partial charge in [0.25, 0.3) is 0 Å². The van der Waals surface area contributed by atoms with Gasteiger partial charge in [-0.1, -0.05) is 0 Å². The van der Waals surface area contributed by atoms with Gasteiger partial charge < -0.3 is 14.8 Å². The third-order valence-electron chi connectivity index (χ3n) is 2.90. The standard InChI is InChI=1S/C12H14BrN3O2/c1-17-11-7-18-3-2-10(11)16-12-8(5-14)4-9(13)6-15-12/h4,6,10-11H,2-3,7H2,1H3,(H,15,16)/t10-,11+/m0/s1. The van der Waals surface area contributed by atoms with E-state index >= 15 is 0 Å². The van der Waals surface area contributed by atoms with Gasteiger partial charge >= 0.3 is 0 Å². The molecular formula is C12H14BrN3O2. The fourth-order valence-electron chi connectivity index (χ4n) is 1.92. The van der Waals surface area contributed by atoms with Gasteiger partial charge in [-0.05, 0) is 28.4 Å². The van der Waals surface area contributed by atoms with Gasteiger partial charge in [-0.2, -0.15) is 5.26 Å². The number of hydrogen-bond acceptors (Lipinski definition) is 5. The molecule has 2 heterocycles. The van der Waals surface area contributed by atoms with Crippen molar-refractivity contribution in [1.29, 1.82) is 5.26 Å². The number of pyridine rings is 1. The van der Waals surface area contributed by atoms with Crippen LogP contribution in [0.1, 0.15) is 12.0 Å². The van der Waals surface area contributed by atoms with Crippen LogP contribution in [0, 0.1) is 11.3 Å². The molecule has 1 fully saturated rings. The van der Waals surface area contributed by atoms with Gasteiger partial charge in [0.2, 0.25) is 0 Å². The van der Waals surface area contributed by atoms with Gasteiger partial charge in [0.15, 0.2) is 0 Å². The summed E-state index contributed by atoms with van der Waals surface area (Å²) in [6.45, 7) is 1.25. The first-order valence-electron chi connectivity index (χ1n) is 5.67. The highest BCUT2D eigenvalue weighted by molar-refractivity contribution is 9.10. The van der Waals surface area contributed by atoms with Crippen molar-refractivity contribution in [3.63, 3.8) is 0 Å². The van der Waals surface area contributed by atoms with Crippen LogP contribution in [0.25, 0.3) is 0 Å². The molecule has 1 aliphatic heterocycles. The molecule has 0 amide bonds. The number of halogens is 1. The van der Waals surface area contributed by atoms with Gasteiger partial charge in [0.05, 0.1) is 18.2 Å². The van der Waals surface area contributed by atoms with Crippen molar-refractivity contribution in [2.75, 3.05) is 25.6 Å². The summed E-state index contributed by atoms with van der Waals surface area (Å²) in [6.07, 6.45) is 2.49. The maximum atomic E-state index is 9.09. The number of methoxy groups -OCH3 is 1. The topological polar surface area (TPSA) is 67.2 Å². The third kappa shape index (κ3) is 2.99. The van der Waals surface area contributed by atoms with Crippen molar-refractivity contribution in [3.05, 3.63) is 22.3 Å². The molecule has 0 spiro atoms. The minimum absolute atomic E-state index is 0.0178. The van der Waals surface area contributed by atoms with E-state index in [4.69, 9.17) is 14.7 Å². The van der Waals surface area contributed by atoms with Crippen molar-refractivity contribution >= 4 is 21.7 Å². The summed E-state index contributed by atoms with van der Waals surface area (Å²) in [7, 11) is 1.66. The lowest BCUT2D eigenvalue weighted by Gasteiger charge is -2.31. The Morgan fingerprint density at radius 1 is 1.67 bits per heavy atom. The Morgan fingerprint density at radius 3 is 3.22 bits per heavy atom. The molecule has 1 saturated heterocycles. The maximum Gasteiger partial charge on any atom is 0.144 e. The predicted molar refractivity (Wildman–Crippen MR) is 70.3 cm³/mol. The zero-order chi connectivity index (χ0) is 13.0. The third-order valence-corrected chi connectivity index (χ3v) is 3.34. The fraction of sp³-hybridized carbons (Fsp3) is 0.500. The molecule has 2 atom stereocenters. The van der Waals surface area contributed by atoms with Crippen LogP contribution in [0.4, 0.5) is 5.82 Å². The second-order valence-electron chi connectivity index (χ2n) is 4.05. The van der Waals surface area contributed by atoms with E-state index in [0.29, 0.717) is 24.6 Å². The second-order valence-corrected chi connectivity index (χ2v) is 4.97. The summed E-state index contributed by atoms with van der Waals surface area (Å²) in [4.78, 5) is 4.24. The number of hydrogen-bond donors (Lipinski definition) is 1. The molecule has 96 valence electrons. The molecule has 1 aromatic heterocycles. The molecule has 0 aromatic carbocycles. The van der Waals surface area contributed by atoms with E-state index in [1.165, 1.54) is 0 Å². The molecule has 0 unspecified atom stereocenters. The Morgan fingerprint density at radius 2 is 2.50 bits per heavy atom. The van der Waals surface area contributed by atoms with Crippen LogP contribution >= 0.6 is 15.9 Å². The van der Waals surface area contributed by atoms with E-state index in [1.54, 1.807) is 19.4 Å². The van der Waals surface area contributed by atoms with Crippen molar-refractivity contribution in [2.45, 2.75) is 18.6 Å². The summed E-state index contributed by atoms with van der Waals surface area (Å²) in [5.74, 6) is 0.592. The number of anilines is 1. The predicted octanol–water partition coefficient (Wildman–Crippen LogP) is 1.93. The molecule has 0 saturated carbocycles. The summed E-state index contributed by atoms with van der Waals surface area (Å²) < 4.78 is 11.5. The molecule has 1 aromatic rings. The Bertz CT molecular complexity index is 461. The van der Waals surface area contributed by atoms with Crippen molar-refractivity contribution < 1.29 is 9.47 Å². The Balaban J connectivity index is 2.15. The molecule has 1 aliphatic rings. The molecule has 6 heteroatoms.